The second-order valence-corrected chi connectivity index (χ2v) is 9.98. The molecule has 0 saturated carbocycles. The Morgan fingerprint density at radius 2 is 1.95 bits per heavy atom. The Hall–Kier alpha value is -5.37. The van der Waals surface area contributed by atoms with Crippen LogP contribution >= 0.6 is 0 Å². The van der Waals surface area contributed by atoms with Crippen LogP contribution in [0, 0.1) is 5.82 Å². The molecular formula is C30H28F2N8O4. The average Bonchev–Trinajstić information content (AvgIpc) is 3.66. The van der Waals surface area contributed by atoms with E-state index >= 15 is 4.39 Å². The van der Waals surface area contributed by atoms with E-state index in [1.54, 1.807) is 6.20 Å². The molecule has 0 radical (unpaired) electrons. The van der Waals surface area contributed by atoms with Crippen molar-refractivity contribution in [2.75, 3.05) is 38.4 Å². The molecule has 1 amide bonds. The number of ether oxygens (including phenoxy) is 3. The maximum atomic E-state index is 15.4. The first kappa shape index (κ1) is 25.2. The van der Waals surface area contributed by atoms with Gasteiger partial charge in [0, 0.05) is 41.9 Å². The number of fused-ring (bicyclic) bond motifs is 2. The summed E-state index contributed by atoms with van der Waals surface area (Å²) in [6.07, 6.45) is 7.06. The molecule has 2 N–H and O–H groups in total. The molecule has 1 fully saturated rings. The Balaban J connectivity index is 1.33. The van der Waals surface area contributed by atoms with Crippen molar-refractivity contribution < 1.29 is 31.9 Å². The minimum absolute atomic E-state index is 0.0949. The Bertz CT molecular complexity index is 2010. The van der Waals surface area contributed by atoms with E-state index < -0.39 is 24.6 Å². The lowest BCUT2D eigenvalue weighted by Gasteiger charge is -2.17. The van der Waals surface area contributed by atoms with Gasteiger partial charge in [0.25, 0.3) is 5.91 Å². The maximum Gasteiger partial charge on any atom is 0.284 e. The van der Waals surface area contributed by atoms with Gasteiger partial charge in [-0.3, -0.25) is 9.69 Å². The molecule has 1 aliphatic heterocycles. The molecule has 1 atom stereocenters. The molecular weight excluding hydrogens is 574 g/mol. The van der Waals surface area contributed by atoms with Gasteiger partial charge in [0.1, 0.15) is 35.7 Å². The number of anilines is 3. The number of nitrogens with one attached hydrogen (secondary N) is 2. The number of likely N-dealkylation sites (N-methyl/N-ethyl adjacent to an activating group) is 1. The molecule has 0 bridgehead atoms. The van der Waals surface area contributed by atoms with Gasteiger partial charge in [-0.2, -0.15) is 5.10 Å². The molecule has 3 aromatic heterocycles. The van der Waals surface area contributed by atoms with Gasteiger partial charge < -0.3 is 24.8 Å². The minimum atomic E-state index is -2.91. The van der Waals surface area contributed by atoms with E-state index in [-0.39, 0.29) is 46.2 Å². The first-order chi connectivity index (χ1) is 22.5. The fourth-order valence-electron chi connectivity index (χ4n) is 4.93. The third kappa shape index (κ3) is 5.79. The number of carbonyl (C=O) groups is 1. The fourth-order valence-corrected chi connectivity index (χ4v) is 4.93. The van der Waals surface area contributed by atoms with Crippen molar-refractivity contribution in [3.05, 3.63) is 73.0 Å². The lowest BCUT2D eigenvalue weighted by atomic mass is 10.1. The molecule has 5 aromatic rings. The quantitative estimate of drug-likeness (QED) is 0.215. The molecule has 12 nitrogen and oxygen atoms in total. The maximum absolute atomic E-state index is 15.4. The lowest BCUT2D eigenvalue weighted by Crippen LogP contribution is -2.24. The van der Waals surface area contributed by atoms with Crippen LogP contribution in [0.15, 0.2) is 67.2 Å². The highest BCUT2D eigenvalue weighted by Crippen LogP contribution is 2.38. The zero-order valence-electron chi connectivity index (χ0n) is 26.5. The van der Waals surface area contributed by atoms with Crippen molar-refractivity contribution in [2.45, 2.75) is 18.9 Å². The molecule has 1 saturated heterocycles. The lowest BCUT2D eigenvalue weighted by molar-refractivity contribution is -0.114. The van der Waals surface area contributed by atoms with Gasteiger partial charge in [-0.15, -0.1) is 0 Å². The van der Waals surface area contributed by atoms with E-state index in [9.17, 15) is 9.18 Å². The Morgan fingerprint density at radius 3 is 2.75 bits per heavy atom. The third-order valence-electron chi connectivity index (χ3n) is 7.21. The second kappa shape index (κ2) is 12.1. The first-order valence-electron chi connectivity index (χ1n) is 15.0. The molecule has 14 heteroatoms. The number of hydrogen-bond acceptors (Lipinski definition) is 10. The highest BCUT2D eigenvalue weighted by Gasteiger charge is 2.23. The van der Waals surface area contributed by atoms with E-state index in [1.807, 2.05) is 11.9 Å². The molecule has 44 heavy (non-hydrogen) atoms. The number of nitrogens with zero attached hydrogens (tertiary/aromatic N) is 6. The highest BCUT2D eigenvalue weighted by atomic mass is 19.1. The van der Waals surface area contributed by atoms with Gasteiger partial charge in [-0.25, -0.2) is 28.2 Å². The van der Waals surface area contributed by atoms with E-state index in [4.69, 9.17) is 18.3 Å². The van der Waals surface area contributed by atoms with Crippen molar-refractivity contribution in [3.8, 4) is 23.0 Å². The van der Waals surface area contributed by atoms with Crippen LogP contribution in [-0.4, -0.2) is 69.2 Å². The number of aromatic nitrogens is 5. The Morgan fingerprint density at radius 1 is 1.09 bits per heavy atom. The Kier molecular flexibility index (Phi) is 6.91. The van der Waals surface area contributed by atoms with Crippen LogP contribution in [0.5, 0.6) is 23.0 Å². The van der Waals surface area contributed by atoms with Crippen molar-refractivity contribution in [1.82, 2.24) is 29.5 Å². The topological polar surface area (TPSA) is 128 Å². The predicted molar refractivity (Wildman–Crippen MR) is 159 cm³/mol. The van der Waals surface area contributed by atoms with Gasteiger partial charge in [-0.1, -0.05) is 0 Å². The molecule has 0 unspecified atom stereocenters. The van der Waals surface area contributed by atoms with Gasteiger partial charge in [0.2, 0.25) is 0 Å². The average molecular weight is 606 g/mol. The van der Waals surface area contributed by atoms with Gasteiger partial charge in [-0.05, 0) is 44.6 Å². The monoisotopic (exact) mass is 605 g/mol. The molecule has 4 heterocycles. The standard InChI is InChI=1S/C30H28F2N8O4/c1-39-7-4-5-17(39)9-21(32)30(41)38-23-11-19-22(13-26(23)42-2)33-15-35-29(19)37-24-12-20(31)25(14-27(24)43-3)44-18-6-8-40-28(10-18)34-16-36-40/h6,8-17H,4-5,7H2,1-3H3,(H,38,41)(H,33,35,37)/b21-9-/t17-/m1/s1/i3D3. The Labute approximate surface area is 254 Å². The highest BCUT2D eigenvalue weighted by molar-refractivity contribution is 6.05. The van der Waals surface area contributed by atoms with Crippen LogP contribution < -0.4 is 24.8 Å². The summed E-state index contributed by atoms with van der Waals surface area (Å²) in [5.74, 6) is -2.85. The molecule has 0 aliphatic carbocycles. The number of halogens is 2. The smallest absolute Gasteiger partial charge is 0.284 e. The largest absolute Gasteiger partial charge is 0.494 e. The number of likely N-dealkylation sites (tertiary alicyclic amines) is 1. The predicted octanol–water partition coefficient (Wildman–Crippen LogP) is 5.25. The molecule has 6 rings (SSSR count). The van der Waals surface area contributed by atoms with Crippen molar-refractivity contribution >= 4 is 39.6 Å². The molecule has 0 spiro atoms. The number of amides is 1. The SMILES string of the molecule is [2H]C([2H])([2H])Oc1cc(Oc2ccn3ncnc3c2)c(F)cc1Nc1ncnc2cc(OC)c(NC(=O)/C(F)=C/[C@H]3CCCN3C)cc12. The zero-order valence-corrected chi connectivity index (χ0v) is 23.5. The van der Waals surface area contributed by atoms with Crippen molar-refractivity contribution in [1.29, 1.82) is 0 Å². The van der Waals surface area contributed by atoms with E-state index in [1.165, 1.54) is 54.6 Å². The van der Waals surface area contributed by atoms with Crippen LogP contribution in [-0.2, 0) is 4.79 Å². The van der Waals surface area contributed by atoms with Crippen LogP contribution in [0.4, 0.5) is 26.0 Å². The summed E-state index contributed by atoms with van der Waals surface area (Å²) in [6, 6.07) is 7.92. The van der Waals surface area contributed by atoms with Crippen molar-refractivity contribution in [2.24, 2.45) is 0 Å². The fraction of sp³-hybridized carbons (Fsp3) is 0.233. The van der Waals surface area contributed by atoms with Crippen LogP contribution in [0.25, 0.3) is 16.6 Å². The summed E-state index contributed by atoms with van der Waals surface area (Å²) in [5.41, 5.74) is 0.811. The molecule has 226 valence electrons. The first-order valence-corrected chi connectivity index (χ1v) is 13.5. The number of pyridine rings is 1. The van der Waals surface area contributed by atoms with Crippen LogP contribution in [0.1, 0.15) is 17.0 Å². The summed E-state index contributed by atoms with van der Waals surface area (Å²) in [7, 11) is 0.336. The molecule has 2 aromatic carbocycles. The van der Waals surface area contributed by atoms with E-state index in [0.717, 1.165) is 31.5 Å². The number of carbonyl (C=O) groups excluding carboxylic acids is 1. The summed E-state index contributed by atoms with van der Waals surface area (Å²) in [6.45, 7) is 0.809. The van der Waals surface area contributed by atoms with Crippen molar-refractivity contribution in [3.63, 3.8) is 0 Å². The van der Waals surface area contributed by atoms with Gasteiger partial charge >= 0.3 is 0 Å². The van der Waals surface area contributed by atoms with Crippen LogP contribution in [0.3, 0.4) is 0 Å². The van der Waals surface area contributed by atoms with Crippen LogP contribution in [0.2, 0.25) is 0 Å². The van der Waals surface area contributed by atoms with Gasteiger partial charge in [0.05, 0.1) is 35.2 Å². The number of rotatable bonds is 9. The summed E-state index contributed by atoms with van der Waals surface area (Å²) < 4.78 is 71.1. The zero-order chi connectivity index (χ0) is 33.3. The van der Waals surface area contributed by atoms with E-state index in [2.05, 4.69) is 30.7 Å². The summed E-state index contributed by atoms with van der Waals surface area (Å²) >= 11 is 0. The number of benzene rings is 2. The summed E-state index contributed by atoms with van der Waals surface area (Å²) in [5, 5.41) is 9.73. The molecule has 1 aliphatic rings. The normalized spacial score (nSPS) is 16.8. The minimum Gasteiger partial charge on any atom is -0.494 e. The number of hydrogen-bond donors (Lipinski definition) is 2. The van der Waals surface area contributed by atoms with Gasteiger partial charge in [0.15, 0.2) is 23.0 Å². The summed E-state index contributed by atoms with van der Waals surface area (Å²) in [4.78, 5) is 27.3. The van der Waals surface area contributed by atoms with E-state index in [0.29, 0.717) is 16.6 Å². The second-order valence-electron chi connectivity index (χ2n) is 9.98. The number of methoxy groups -OCH3 is 2. The third-order valence-corrected chi connectivity index (χ3v) is 7.21.